The molecule has 1 unspecified atom stereocenters. The van der Waals surface area contributed by atoms with Gasteiger partial charge in [-0.05, 0) is 104 Å². The number of fused-ring (bicyclic) bond motifs is 1. The average molecular weight is 727 g/mol. The van der Waals surface area contributed by atoms with Crippen LogP contribution >= 0.6 is 15.9 Å². The predicted octanol–water partition coefficient (Wildman–Crippen LogP) is 9.34. The first kappa shape index (κ1) is 33.1. The van der Waals surface area contributed by atoms with Crippen molar-refractivity contribution in [2.45, 2.75) is 56.8 Å². The fraction of sp³-hybridized carbons (Fsp3) is 0.333. The first-order valence-electron chi connectivity index (χ1n) is 16.9. The van der Waals surface area contributed by atoms with Gasteiger partial charge in [-0.25, -0.2) is 9.48 Å². The number of nitrogens with zero attached hydrogens (tertiary/aromatic N) is 2. The normalized spacial score (nSPS) is 18.9. The van der Waals surface area contributed by atoms with Gasteiger partial charge in [0, 0.05) is 36.9 Å². The third kappa shape index (κ3) is 7.46. The molecule has 4 aromatic carbocycles. The van der Waals surface area contributed by atoms with E-state index < -0.39 is 6.09 Å². The molecule has 9 nitrogen and oxygen atoms in total. The molecule has 254 valence electrons. The van der Waals surface area contributed by atoms with Crippen molar-refractivity contribution in [3.05, 3.63) is 95.0 Å². The van der Waals surface area contributed by atoms with Crippen molar-refractivity contribution in [1.29, 1.82) is 0 Å². The maximum absolute atomic E-state index is 12.4. The number of methoxy groups -OCH3 is 1. The third-order valence-corrected chi connectivity index (χ3v) is 9.71. The lowest BCUT2D eigenvalue weighted by Gasteiger charge is -2.35. The van der Waals surface area contributed by atoms with Crippen LogP contribution in [0.3, 0.4) is 0 Å². The number of ether oxygens (including phenoxy) is 4. The van der Waals surface area contributed by atoms with Crippen molar-refractivity contribution in [2.24, 2.45) is 0 Å². The number of carbonyl (C=O) groups is 1. The van der Waals surface area contributed by atoms with E-state index in [1.54, 1.807) is 19.2 Å². The van der Waals surface area contributed by atoms with E-state index in [1.165, 1.54) is 0 Å². The Kier molecular flexibility index (Phi) is 10.2. The number of phenolic OH excluding ortho intramolecular Hbond substituents is 1. The number of alkyl carbamates (subject to hydrolysis) is 1. The van der Waals surface area contributed by atoms with Gasteiger partial charge in [-0.3, -0.25) is 0 Å². The molecule has 1 amide bonds. The van der Waals surface area contributed by atoms with Gasteiger partial charge >= 0.3 is 6.09 Å². The average Bonchev–Trinajstić information content (AvgIpc) is 3.49. The van der Waals surface area contributed by atoms with E-state index in [4.69, 9.17) is 24.0 Å². The van der Waals surface area contributed by atoms with Gasteiger partial charge < -0.3 is 29.4 Å². The zero-order valence-corrected chi connectivity index (χ0v) is 29.0. The Morgan fingerprint density at radius 2 is 1.78 bits per heavy atom. The zero-order valence-electron chi connectivity index (χ0n) is 27.4. The third-order valence-electron chi connectivity index (χ3n) is 9.25. The van der Waals surface area contributed by atoms with Gasteiger partial charge in [0.05, 0.1) is 10.9 Å². The van der Waals surface area contributed by atoms with Crippen LogP contribution in [-0.2, 0) is 14.2 Å². The summed E-state index contributed by atoms with van der Waals surface area (Å²) in [6.45, 7) is 1.79. The second kappa shape index (κ2) is 15.0. The summed E-state index contributed by atoms with van der Waals surface area (Å²) >= 11 is 3.75. The van der Waals surface area contributed by atoms with E-state index in [-0.39, 0.29) is 24.0 Å². The molecule has 0 radical (unpaired) electrons. The maximum atomic E-state index is 12.4. The SMILES string of the molecule is COCCCNC(=O)O[C@H]1C[C@H](c2ccc(-c3ccccc3)cc2Oc2cc(Br)cc3c2c(-c2ccc(O)cc2)nn3C2CCCCO2)C1. The zero-order chi connectivity index (χ0) is 33.7. The van der Waals surface area contributed by atoms with Gasteiger partial charge in [-0.1, -0.05) is 58.4 Å². The highest BCUT2D eigenvalue weighted by atomic mass is 79.9. The Balaban J connectivity index is 1.25. The molecule has 2 fully saturated rings. The number of nitrogens with one attached hydrogen (secondary N) is 1. The van der Waals surface area contributed by atoms with Crippen LogP contribution in [0.4, 0.5) is 4.79 Å². The van der Waals surface area contributed by atoms with Crippen LogP contribution in [0.2, 0.25) is 0 Å². The molecule has 1 saturated carbocycles. The van der Waals surface area contributed by atoms with Crippen LogP contribution < -0.4 is 10.1 Å². The topological polar surface area (TPSA) is 104 Å². The van der Waals surface area contributed by atoms with Crippen molar-refractivity contribution in [2.75, 3.05) is 26.9 Å². The number of aromatic hydroxyl groups is 1. The molecular weight excluding hydrogens is 686 g/mol. The molecule has 1 atom stereocenters. The number of hydrogen-bond acceptors (Lipinski definition) is 7. The molecule has 0 bridgehead atoms. The standard InChI is InChI=1S/C39H40BrN3O6/c1-46-18-7-17-41-39(45)48-31-20-28(21-31)32-16-13-27(25-8-3-2-4-9-25)22-34(32)49-35-24-29(40)23-33-37(35)38(26-11-14-30(44)15-12-26)42-43(33)36-10-5-6-19-47-36/h2-4,8-9,11-16,22-24,28,31,36,44H,5-7,10,17-21H2,1H3,(H,41,45)/t28-,31-,36?. The number of rotatable bonds is 11. The highest BCUT2D eigenvalue weighted by Crippen LogP contribution is 2.47. The molecule has 2 N–H and O–H groups in total. The highest BCUT2D eigenvalue weighted by molar-refractivity contribution is 9.10. The lowest BCUT2D eigenvalue weighted by molar-refractivity contribution is -0.0365. The Labute approximate surface area is 294 Å². The molecule has 1 aromatic heterocycles. The second-order valence-corrected chi connectivity index (χ2v) is 13.6. The summed E-state index contributed by atoms with van der Waals surface area (Å²) in [5.41, 5.74) is 5.70. The van der Waals surface area contributed by atoms with Crippen molar-refractivity contribution in [3.8, 4) is 39.6 Å². The van der Waals surface area contributed by atoms with Crippen molar-refractivity contribution in [3.63, 3.8) is 0 Å². The van der Waals surface area contributed by atoms with Gasteiger partial charge in [0.25, 0.3) is 0 Å². The van der Waals surface area contributed by atoms with E-state index in [0.29, 0.717) is 38.3 Å². The first-order chi connectivity index (χ1) is 24.0. The summed E-state index contributed by atoms with van der Waals surface area (Å²) in [5.74, 6) is 1.75. The number of phenols is 1. The van der Waals surface area contributed by atoms with Crippen LogP contribution in [0.1, 0.15) is 56.2 Å². The van der Waals surface area contributed by atoms with Crippen LogP contribution in [0.15, 0.2) is 89.4 Å². The molecule has 5 aromatic rings. The summed E-state index contributed by atoms with van der Waals surface area (Å²) in [4.78, 5) is 12.4. The van der Waals surface area contributed by atoms with Crippen LogP contribution in [0.5, 0.6) is 17.2 Å². The molecule has 0 spiro atoms. The van der Waals surface area contributed by atoms with Gasteiger partial charge in [-0.2, -0.15) is 5.10 Å². The van der Waals surface area contributed by atoms with E-state index in [2.05, 4.69) is 57.6 Å². The Morgan fingerprint density at radius 3 is 2.53 bits per heavy atom. The molecule has 2 aliphatic rings. The molecule has 2 heterocycles. The van der Waals surface area contributed by atoms with Crippen molar-refractivity contribution in [1.82, 2.24) is 15.1 Å². The molecular formula is C39H40BrN3O6. The Hall–Kier alpha value is -4.38. The number of hydrogen-bond donors (Lipinski definition) is 2. The summed E-state index contributed by atoms with van der Waals surface area (Å²) in [6, 6.07) is 27.8. The van der Waals surface area contributed by atoms with E-state index in [1.807, 2.05) is 41.1 Å². The van der Waals surface area contributed by atoms with Crippen molar-refractivity contribution < 1.29 is 28.8 Å². The van der Waals surface area contributed by atoms with Crippen LogP contribution in [0.25, 0.3) is 33.3 Å². The minimum atomic E-state index is -0.396. The molecule has 10 heteroatoms. The molecule has 1 aliphatic heterocycles. The summed E-state index contributed by atoms with van der Waals surface area (Å²) in [7, 11) is 1.64. The lowest BCUT2D eigenvalue weighted by Crippen LogP contribution is -2.36. The van der Waals surface area contributed by atoms with Gasteiger partial charge in [0.1, 0.15) is 29.0 Å². The molecule has 49 heavy (non-hydrogen) atoms. The van der Waals surface area contributed by atoms with Crippen molar-refractivity contribution >= 4 is 32.9 Å². The fourth-order valence-electron chi connectivity index (χ4n) is 6.64. The summed E-state index contributed by atoms with van der Waals surface area (Å²) in [6.07, 6.45) is 4.36. The van der Waals surface area contributed by atoms with Gasteiger partial charge in [-0.15, -0.1) is 0 Å². The van der Waals surface area contributed by atoms with Gasteiger partial charge in [0.15, 0.2) is 6.23 Å². The Morgan fingerprint density at radius 1 is 0.980 bits per heavy atom. The maximum Gasteiger partial charge on any atom is 0.407 e. The van der Waals surface area contributed by atoms with Gasteiger partial charge in [0.2, 0.25) is 0 Å². The van der Waals surface area contributed by atoms with E-state index in [9.17, 15) is 9.90 Å². The molecule has 1 saturated heterocycles. The minimum absolute atomic E-state index is 0.156. The quantitative estimate of drug-likeness (QED) is 0.131. The highest BCUT2D eigenvalue weighted by Gasteiger charge is 2.35. The van der Waals surface area contributed by atoms with Crippen LogP contribution in [0, 0.1) is 0 Å². The number of aromatic nitrogens is 2. The smallest absolute Gasteiger partial charge is 0.407 e. The summed E-state index contributed by atoms with van der Waals surface area (Å²) in [5, 5.41) is 18.8. The number of carbonyl (C=O) groups excluding carboxylic acids is 1. The van der Waals surface area contributed by atoms with Crippen LogP contribution in [-0.4, -0.2) is 54.0 Å². The number of benzene rings is 4. The summed E-state index contributed by atoms with van der Waals surface area (Å²) < 4.78 is 26.8. The molecule has 7 rings (SSSR count). The lowest BCUT2D eigenvalue weighted by atomic mass is 9.76. The largest absolute Gasteiger partial charge is 0.508 e. The predicted molar refractivity (Wildman–Crippen MR) is 192 cm³/mol. The van der Waals surface area contributed by atoms with E-state index in [0.717, 1.165) is 74.8 Å². The Bertz CT molecular complexity index is 1900. The second-order valence-electron chi connectivity index (χ2n) is 12.6. The minimum Gasteiger partial charge on any atom is -0.508 e. The van der Waals surface area contributed by atoms with E-state index >= 15 is 0 Å². The fourth-order valence-corrected chi connectivity index (χ4v) is 7.07. The first-order valence-corrected chi connectivity index (χ1v) is 17.7. The molecule has 1 aliphatic carbocycles. The monoisotopic (exact) mass is 725 g/mol. The number of amides is 1. The number of halogens is 1.